The number of rotatable bonds is 22. The molecule has 10 aromatic carbocycles. The third-order valence-corrected chi connectivity index (χ3v) is 20.1. The van der Waals surface area contributed by atoms with Gasteiger partial charge in [-0.15, -0.1) is 6.42 Å². The highest BCUT2D eigenvalue weighted by atomic mass is 127. The monoisotopic (exact) mass is 2110 g/mol. The van der Waals surface area contributed by atoms with Gasteiger partial charge in [0.25, 0.3) is 0 Å². The van der Waals surface area contributed by atoms with E-state index in [2.05, 4.69) is 150 Å². The Balaban J connectivity index is 0.000000309. The van der Waals surface area contributed by atoms with Crippen LogP contribution < -0.4 is 9.47 Å². The lowest BCUT2D eigenvalue weighted by molar-refractivity contribution is -0.141. The van der Waals surface area contributed by atoms with Gasteiger partial charge in [0.05, 0.1) is 71.4 Å². The molecule has 0 unspecified atom stereocenters. The van der Waals surface area contributed by atoms with Crippen LogP contribution in [0.25, 0.3) is 22.3 Å². The Morgan fingerprint density at radius 3 is 1.03 bits per heavy atom. The van der Waals surface area contributed by atoms with Crippen LogP contribution in [0.1, 0.15) is 103 Å². The van der Waals surface area contributed by atoms with Crippen LogP contribution in [0.5, 0.6) is 11.5 Å². The lowest BCUT2D eigenvalue weighted by atomic mass is 10.00. The maximum atomic E-state index is 14.6. The first kappa shape index (κ1) is 101. The first-order valence-corrected chi connectivity index (χ1v) is 40.8. The summed E-state index contributed by atoms with van der Waals surface area (Å²) in [6.45, 7) is 0. The van der Waals surface area contributed by atoms with Crippen molar-refractivity contribution >= 4 is 154 Å². The molecular formula is C89H71Br6F8IN2O12. The average molecular weight is 2120 g/mol. The molecule has 0 fully saturated rings. The van der Waals surface area contributed by atoms with E-state index in [9.17, 15) is 63.9 Å². The number of esters is 5. The number of aliphatic carboxylic acids is 1. The zero-order valence-corrected chi connectivity index (χ0v) is 74.6. The summed E-state index contributed by atoms with van der Waals surface area (Å²) in [5, 5.41) is 26.2. The van der Waals surface area contributed by atoms with E-state index in [1.54, 1.807) is 109 Å². The second-order valence-electron chi connectivity index (χ2n) is 24.2. The number of terminal acetylenes is 1. The van der Waals surface area contributed by atoms with Gasteiger partial charge in [-0.25, -0.2) is 35.1 Å². The van der Waals surface area contributed by atoms with Gasteiger partial charge in [0.2, 0.25) is 0 Å². The number of ether oxygens (including phenoxy) is 5. The van der Waals surface area contributed by atoms with Gasteiger partial charge in [-0.2, -0.15) is 10.5 Å². The van der Waals surface area contributed by atoms with Gasteiger partial charge in [-0.3, -0.25) is 28.8 Å². The standard InChI is InChI=1S/C30H20F2N2O2.C16H12Br2F2O2.C11H12BrFO2.C11H8BrFO2.C10H10BrFO2.C6H3BrFI.C5H6O2/c31-28-16-20(8-14-26(28)23-9-4-21(18-33)5-10-23)2-1-3-30(35)36-25-13-15-27(29(32)17-25)24-11-6-22(19-34)7-12-24;17-12-6-4-10(8-14(12)19)2-1-3-16(21)22-11-5-7-13(18)15(20)9-11;2*1-15-11(14)4-2-3-8-5-6-9(12)10(13)7-8;11-8-5-4-7(6-9(8)12)2-1-3-10(13)14;7-5-2-1-4(9)3-6(5)8;1-3-4-5(6)7-2/h4-17H,1-3H2;4-9H,1-3H2;5-7H,2-4H2,1H3;5-7H,4H2,1H3;4-6H,1-3H2,(H,13,14);1-3H;1H,4H2,2H3. The van der Waals surface area contributed by atoms with Crippen LogP contribution in [0.15, 0.2) is 221 Å². The summed E-state index contributed by atoms with van der Waals surface area (Å²) in [7, 11) is 3.96. The van der Waals surface area contributed by atoms with Crippen molar-refractivity contribution in [2.45, 2.75) is 89.9 Å². The number of benzene rings is 10. The molecular weight excluding hydrogens is 2050 g/mol. The minimum atomic E-state index is -0.817. The summed E-state index contributed by atoms with van der Waals surface area (Å²) in [6.07, 6.45) is 10.1. The number of nitriles is 2. The van der Waals surface area contributed by atoms with Crippen LogP contribution >= 0.6 is 118 Å². The highest BCUT2D eigenvalue weighted by Crippen LogP contribution is 2.30. The molecule has 0 radical (unpaired) electrons. The van der Waals surface area contributed by atoms with E-state index in [0.29, 0.717) is 124 Å². The third-order valence-electron chi connectivity index (χ3n) is 15.5. The molecule has 0 aliphatic carbocycles. The molecule has 0 heterocycles. The summed E-state index contributed by atoms with van der Waals surface area (Å²) in [5.74, 6) is 2.02. The molecule has 0 amide bonds. The number of aryl methyl sites for hydroxylation is 4. The topological polar surface area (TPSA) is 216 Å². The first-order valence-electron chi connectivity index (χ1n) is 35.0. The number of carbonyl (C=O) groups is 6. The van der Waals surface area contributed by atoms with Crippen molar-refractivity contribution in [1.82, 2.24) is 0 Å². The van der Waals surface area contributed by atoms with Crippen LogP contribution in [0.4, 0.5) is 35.1 Å². The maximum absolute atomic E-state index is 14.6. The molecule has 0 atom stereocenters. The predicted octanol–water partition coefficient (Wildman–Crippen LogP) is 24.3. The number of methoxy groups -OCH3 is 3. The average Bonchev–Trinajstić information content (AvgIpc) is 0.832. The summed E-state index contributed by atoms with van der Waals surface area (Å²) in [5.41, 5.74) is 6.85. The fourth-order valence-corrected chi connectivity index (χ4v) is 11.5. The Labute approximate surface area is 741 Å². The van der Waals surface area contributed by atoms with Crippen molar-refractivity contribution in [1.29, 1.82) is 10.5 Å². The number of carboxylic acid groups (broad SMARTS) is 1. The molecule has 0 saturated heterocycles. The second-order valence-corrected chi connectivity index (χ2v) is 30.6. The molecule has 0 bridgehead atoms. The number of carbonyl (C=O) groups excluding carboxylic acids is 5. The van der Waals surface area contributed by atoms with Crippen molar-refractivity contribution in [3.05, 3.63) is 310 Å². The summed E-state index contributed by atoms with van der Waals surface area (Å²) >= 11 is 20.4. The Morgan fingerprint density at radius 2 is 0.686 bits per heavy atom. The van der Waals surface area contributed by atoms with Crippen LogP contribution in [-0.4, -0.2) is 62.3 Å². The quantitative estimate of drug-likeness (QED) is 0.0127. The molecule has 0 aliphatic heterocycles. The van der Waals surface area contributed by atoms with Gasteiger partial charge < -0.3 is 28.8 Å². The Kier molecular flexibility index (Phi) is 46.9. The molecule has 614 valence electrons. The molecule has 29 heteroatoms. The van der Waals surface area contributed by atoms with E-state index >= 15 is 0 Å². The summed E-state index contributed by atoms with van der Waals surface area (Å²) in [6, 6.07) is 54.7. The van der Waals surface area contributed by atoms with Gasteiger partial charge in [-0.1, -0.05) is 72.4 Å². The largest absolute Gasteiger partial charge is 0.481 e. The smallest absolute Gasteiger partial charge is 0.317 e. The highest BCUT2D eigenvalue weighted by Gasteiger charge is 2.15. The molecule has 14 nitrogen and oxygen atoms in total. The highest BCUT2D eigenvalue weighted by molar-refractivity contribution is 14.1. The maximum Gasteiger partial charge on any atom is 0.317 e. The van der Waals surface area contributed by atoms with Crippen molar-refractivity contribution < 1.29 is 92.7 Å². The number of nitrogens with zero attached hydrogens (tertiary/aromatic N) is 2. The normalized spacial score (nSPS) is 9.89. The fourth-order valence-electron chi connectivity index (χ4n) is 9.53. The van der Waals surface area contributed by atoms with Crippen molar-refractivity contribution in [2.24, 2.45) is 0 Å². The predicted molar refractivity (Wildman–Crippen MR) is 462 cm³/mol. The SMILES string of the molecule is C#CCC(=O)OC.COC(=O)CC#Cc1ccc(Br)c(F)c1.COC(=O)CCCc1ccc(Br)c(F)c1.Fc1cc(I)ccc1Br.N#Cc1ccc(-c2ccc(CCCC(=O)Oc3ccc(-c4ccc(C#N)cc4)c(F)c3)cc2F)cc1.O=C(CCCc1ccc(Br)c(F)c1)Oc1ccc(Br)c(F)c1.O=C(O)CCCc1ccc(Br)c(F)c1. The minimum Gasteiger partial charge on any atom is -0.481 e. The van der Waals surface area contributed by atoms with E-state index < -0.39 is 35.5 Å². The summed E-state index contributed by atoms with van der Waals surface area (Å²) < 4.78 is 134. The van der Waals surface area contributed by atoms with Gasteiger partial charge in [0.1, 0.15) is 70.9 Å². The van der Waals surface area contributed by atoms with Crippen LogP contribution in [-0.2, 0) is 68.7 Å². The molecule has 0 aliphatic rings. The van der Waals surface area contributed by atoms with Crippen molar-refractivity contribution in [3.63, 3.8) is 0 Å². The third kappa shape index (κ3) is 39.2. The van der Waals surface area contributed by atoms with Crippen molar-refractivity contribution in [2.75, 3.05) is 21.3 Å². The van der Waals surface area contributed by atoms with Crippen molar-refractivity contribution in [3.8, 4) is 70.1 Å². The molecule has 0 spiro atoms. The number of halogens is 15. The molecule has 1 N–H and O–H groups in total. The zero-order valence-electron chi connectivity index (χ0n) is 63.0. The lowest BCUT2D eigenvalue weighted by Gasteiger charge is -2.09. The first-order chi connectivity index (χ1) is 56.3. The summed E-state index contributed by atoms with van der Waals surface area (Å²) in [4.78, 5) is 65.7. The van der Waals surface area contributed by atoms with E-state index in [-0.39, 0.29) is 90.4 Å². The second kappa shape index (κ2) is 55.0. The van der Waals surface area contributed by atoms with E-state index in [1.165, 1.54) is 82.0 Å². The van der Waals surface area contributed by atoms with E-state index in [0.717, 1.165) is 38.0 Å². The molecule has 118 heavy (non-hydrogen) atoms. The van der Waals surface area contributed by atoms with Crippen LogP contribution in [0.3, 0.4) is 0 Å². The molecule has 10 rings (SSSR count). The van der Waals surface area contributed by atoms with Gasteiger partial charge in [0.15, 0.2) is 0 Å². The van der Waals surface area contributed by atoms with Crippen LogP contribution in [0.2, 0.25) is 0 Å². The van der Waals surface area contributed by atoms with Gasteiger partial charge in [0, 0.05) is 58.1 Å². The van der Waals surface area contributed by atoms with Gasteiger partial charge >= 0.3 is 35.8 Å². The number of carboxylic acids is 1. The number of hydrogen-bond donors (Lipinski definition) is 1. The minimum absolute atomic E-state index is 0.00812. The zero-order chi connectivity index (χ0) is 87.2. The Hall–Kier alpha value is -9.83. The van der Waals surface area contributed by atoms with E-state index in [4.69, 9.17) is 31.5 Å². The van der Waals surface area contributed by atoms with Gasteiger partial charge in [-0.05, 0) is 330 Å². The van der Waals surface area contributed by atoms with Crippen LogP contribution in [0, 0.1) is 97.0 Å². The Bertz CT molecular complexity index is 5270. The van der Waals surface area contributed by atoms with E-state index in [1.807, 2.05) is 24.3 Å². The Morgan fingerprint density at radius 1 is 0.373 bits per heavy atom. The molecule has 0 aromatic heterocycles. The molecule has 10 aromatic rings. The lowest BCUT2D eigenvalue weighted by Crippen LogP contribution is -2.08. The molecule has 0 saturated carbocycles. The number of hydrogen-bond acceptors (Lipinski definition) is 13. The fraction of sp³-hybridized carbons (Fsp3) is 0.191.